The maximum atomic E-state index is 5.85. The van der Waals surface area contributed by atoms with Crippen LogP contribution in [-0.2, 0) is 6.54 Å². The molecule has 0 amide bonds. The largest absolute Gasteiger partial charge is 0.309 e. The van der Waals surface area contributed by atoms with Crippen LogP contribution in [0.3, 0.4) is 0 Å². The van der Waals surface area contributed by atoms with E-state index in [-0.39, 0.29) is 0 Å². The van der Waals surface area contributed by atoms with E-state index in [1.807, 2.05) is 24.3 Å². The summed E-state index contributed by atoms with van der Waals surface area (Å²) in [6.45, 7) is 5.05. The minimum Gasteiger partial charge on any atom is -0.309 e. The SMILES string of the molecule is CC(C)NCc1cc(-c2ccc(Cl)cc2)n[nH]1. The Morgan fingerprint density at radius 2 is 2.00 bits per heavy atom. The van der Waals surface area contributed by atoms with Gasteiger partial charge in [0, 0.05) is 28.9 Å². The molecule has 0 bridgehead atoms. The molecule has 0 atom stereocenters. The molecule has 0 aliphatic rings. The zero-order valence-corrected chi connectivity index (χ0v) is 10.8. The van der Waals surface area contributed by atoms with Crippen molar-refractivity contribution in [2.45, 2.75) is 26.4 Å². The van der Waals surface area contributed by atoms with E-state index in [9.17, 15) is 0 Å². The summed E-state index contributed by atoms with van der Waals surface area (Å²) in [6, 6.07) is 10.2. The van der Waals surface area contributed by atoms with Gasteiger partial charge >= 0.3 is 0 Å². The van der Waals surface area contributed by atoms with Gasteiger partial charge in [-0.05, 0) is 18.2 Å². The lowest BCUT2D eigenvalue weighted by Gasteiger charge is -2.04. The second-order valence-corrected chi connectivity index (χ2v) is 4.76. The predicted molar refractivity (Wildman–Crippen MR) is 71.0 cm³/mol. The monoisotopic (exact) mass is 249 g/mol. The average molecular weight is 250 g/mol. The van der Waals surface area contributed by atoms with Crippen molar-refractivity contribution in [1.29, 1.82) is 0 Å². The summed E-state index contributed by atoms with van der Waals surface area (Å²) in [6.07, 6.45) is 0. The van der Waals surface area contributed by atoms with E-state index in [0.717, 1.165) is 28.5 Å². The molecule has 1 aromatic heterocycles. The fraction of sp³-hybridized carbons (Fsp3) is 0.308. The minimum atomic E-state index is 0.470. The first-order valence-electron chi connectivity index (χ1n) is 5.69. The maximum absolute atomic E-state index is 5.85. The van der Waals surface area contributed by atoms with Crippen molar-refractivity contribution in [1.82, 2.24) is 15.5 Å². The van der Waals surface area contributed by atoms with Crippen LogP contribution in [0.1, 0.15) is 19.5 Å². The quantitative estimate of drug-likeness (QED) is 0.874. The van der Waals surface area contributed by atoms with Crippen molar-refractivity contribution in [3.05, 3.63) is 41.0 Å². The molecule has 2 rings (SSSR count). The molecule has 0 fully saturated rings. The Bertz CT molecular complexity index is 474. The molecule has 90 valence electrons. The molecule has 0 saturated heterocycles. The number of halogens is 1. The Labute approximate surface area is 106 Å². The van der Waals surface area contributed by atoms with Crippen molar-refractivity contribution in [3.63, 3.8) is 0 Å². The van der Waals surface area contributed by atoms with Gasteiger partial charge in [-0.15, -0.1) is 0 Å². The standard InChI is InChI=1S/C13H16ClN3/c1-9(2)15-8-12-7-13(17-16-12)10-3-5-11(14)6-4-10/h3-7,9,15H,8H2,1-2H3,(H,16,17). The van der Waals surface area contributed by atoms with Gasteiger partial charge in [-0.1, -0.05) is 37.6 Å². The molecule has 0 aliphatic carbocycles. The van der Waals surface area contributed by atoms with Gasteiger partial charge in [0.25, 0.3) is 0 Å². The number of nitrogens with zero attached hydrogens (tertiary/aromatic N) is 1. The molecular weight excluding hydrogens is 234 g/mol. The number of hydrogen-bond acceptors (Lipinski definition) is 2. The van der Waals surface area contributed by atoms with Crippen LogP contribution in [0.15, 0.2) is 30.3 Å². The van der Waals surface area contributed by atoms with Gasteiger partial charge < -0.3 is 5.32 Å². The maximum Gasteiger partial charge on any atom is 0.0924 e. The molecule has 3 nitrogen and oxygen atoms in total. The van der Waals surface area contributed by atoms with Gasteiger partial charge in [0.2, 0.25) is 0 Å². The van der Waals surface area contributed by atoms with Crippen molar-refractivity contribution in [2.75, 3.05) is 0 Å². The van der Waals surface area contributed by atoms with Crippen LogP contribution in [0.5, 0.6) is 0 Å². The summed E-state index contributed by atoms with van der Waals surface area (Å²) in [5, 5.41) is 11.4. The molecule has 0 radical (unpaired) electrons. The average Bonchev–Trinajstić information content (AvgIpc) is 2.76. The van der Waals surface area contributed by atoms with Crippen LogP contribution < -0.4 is 5.32 Å². The highest BCUT2D eigenvalue weighted by Gasteiger charge is 2.04. The van der Waals surface area contributed by atoms with E-state index in [1.54, 1.807) is 0 Å². The zero-order valence-electron chi connectivity index (χ0n) is 10.00. The Morgan fingerprint density at radius 3 is 2.65 bits per heavy atom. The molecule has 2 N–H and O–H groups in total. The van der Waals surface area contributed by atoms with E-state index < -0.39 is 0 Å². The fourth-order valence-corrected chi connectivity index (χ4v) is 1.66. The first kappa shape index (κ1) is 12.1. The molecule has 1 aromatic carbocycles. The molecule has 0 unspecified atom stereocenters. The summed E-state index contributed by atoms with van der Waals surface area (Å²) in [4.78, 5) is 0. The summed E-state index contributed by atoms with van der Waals surface area (Å²) >= 11 is 5.85. The summed E-state index contributed by atoms with van der Waals surface area (Å²) in [5.74, 6) is 0. The minimum absolute atomic E-state index is 0.470. The first-order chi connectivity index (χ1) is 8.15. The lowest BCUT2D eigenvalue weighted by molar-refractivity contribution is 0.580. The third kappa shape index (κ3) is 3.32. The number of benzene rings is 1. The van der Waals surface area contributed by atoms with E-state index in [1.165, 1.54) is 0 Å². The Morgan fingerprint density at radius 1 is 1.29 bits per heavy atom. The third-order valence-electron chi connectivity index (χ3n) is 2.47. The molecule has 4 heteroatoms. The molecule has 2 aromatic rings. The lowest BCUT2D eigenvalue weighted by atomic mass is 10.1. The van der Waals surface area contributed by atoms with Crippen molar-refractivity contribution in [2.24, 2.45) is 0 Å². The number of aromatic nitrogens is 2. The lowest BCUT2D eigenvalue weighted by Crippen LogP contribution is -2.21. The molecule has 17 heavy (non-hydrogen) atoms. The highest BCUT2D eigenvalue weighted by atomic mass is 35.5. The van der Waals surface area contributed by atoms with Gasteiger partial charge in [0.05, 0.1) is 5.69 Å². The van der Waals surface area contributed by atoms with E-state index >= 15 is 0 Å². The van der Waals surface area contributed by atoms with Gasteiger partial charge in [0.1, 0.15) is 0 Å². The van der Waals surface area contributed by atoms with Gasteiger partial charge in [0.15, 0.2) is 0 Å². The van der Waals surface area contributed by atoms with Gasteiger partial charge in [-0.25, -0.2) is 0 Å². The number of rotatable bonds is 4. The van der Waals surface area contributed by atoms with Crippen LogP contribution in [-0.4, -0.2) is 16.2 Å². The normalized spacial score (nSPS) is 11.1. The predicted octanol–water partition coefficient (Wildman–Crippen LogP) is 3.23. The fourth-order valence-electron chi connectivity index (χ4n) is 1.53. The number of hydrogen-bond donors (Lipinski definition) is 2. The van der Waals surface area contributed by atoms with E-state index in [4.69, 9.17) is 11.6 Å². The van der Waals surface area contributed by atoms with Crippen molar-refractivity contribution < 1.29 is 0 Å². The second-order valence-electron chi connectivity index (χ2n) is 4.32. The Balaban J connectivity index is 2.10. The zero-order chi connectivity index (χ0) is 12.3. The Kier molecular flexibility index (Phi) is 3.82. The number of nitrogens with one attached hydrogen (secondary N) is 2. The van der Waals surface area contributed by atoms with Crippen LogP contribution in [0, 0.1) is 0 Å². The van der Waals surface area contributed by atoms with Crippen molar-refractivity contribution in [3.8, 4) is 11.3 Å². The molecule has 0 saturated carbocycles. The molecular formula is C13H16ClN3. The van der Waals surface area contributed by atoms with Crippen LogP contribution in [0.4, 0.5) is 0 Å². The van der Waals surface area contributed by atoms with E-state index in [0.29, 0.717) is 6.04 Å². The smallest absolute Gasteiger partial charge is 0.0924 e. The van der Waals surface area contributed by atoms with Gasteiger partial charge in [-0.2, -0.15) is 5.10 Å². The van der Waals surface area contributed by atoms with Crippen molar-refractivity contribution >= 4 is 11.6 Å². The summed E-state index contributed by atoms with van der Waals surface area (Å²) in [5.41, 5.74) is 3.10. The summed E-state index contributed by atoms with van der Waals surface area (Å²) in [7, 11) is 0. The topological polar surface area (TPSA) is 40.7 Å². The molecule has 0 aliphatic heterocycles. The number of aromatic amines is 1. The third-order valence-corrected chi connectivity index (χ3v) is 2.72. The van der Waals surface area contributed by atoms with Crippen LogP contribution in [0.25, 0.3) is 11.3 Å². The highest BCUT2D eigenvalue weighted by molar-refractivity contribution is 6.30. The van der Waals surface area contributed by atoms with E-state index in [2.05, 4.69) is 35.4 Å². The highest BCUT2D eigenvalue weighted by Crippen LogP contribution is 2.20. The van der Waals surface area contributed by atoms with Crippen LogP contribution in [0.2, 0.25) is 5.02 Å². The van der Waals surface area contributed by atoms with Crippen LogP contribution >= 0.6 is 11.6 Å². The summed E-state index contributed by atoms with van der Waals surface area (Å²) < 4.78 is 0. The molecule has 1 heterocycles. The number of H-pyrrole nitrogens is 1. The first-order valence-corrected chi connectivity index (χ1v) is 6.06. The second kappa shape index (κ2) is 5.34. The van der Waals surface area contributed by atoms with Gasteiger partial charge in [-0.3, -0.25) is 5.10 Å². The Hall–Kier alpha value is -1.32. The molecule has 0 spiro atoms.